The largest absolute Gasteiger partial charge is 0.493 e. The van der Waals surface area contributed by atoms with E-state index in [2.05, 4.69) is 15.9 Å². The van der Waals surface area contributed by atoms with Gasteiger partial charge in [0.1, 0.15) is 5.75 Å². The molecule has 0 spiro atoms. The van der Waals surface area contributed by atoms with E-state index < -0.39 is 0 Å². The van der Waals surface area contributed by atoms with E-state index in [9.17, 15) is 4.79 Å². The van der Waals surface area contributed by atoms with Gasteiger partial charge in [-0.3, -0.25) is 4.79 Å². The number of hydrogen-bond acceptors (Lipinski definition) is 4. The van der Waals surface area contributed by atoms with E-state index in [4.69, 9.17) is 25.8 Å². The number of carbonyl (C=O) groups is 1. The molecule has 134 valence electrons. The van der Waals surface area contributed by atoms with Crippen LogP contribution < -0.4 is 14.2 Å². The highest BCUT2D eigenvalue weighted by Crippen LogP contribution is 2.29. The van der Waals surface area contributed by atoms with Gasteiger partial charge in [-0.1, -0.05) is 33.6 Å². The molecule has 2 rings (SSSR count). The third-order valence-electron chi connectivity index (χ3n) is 3.54. The highest BCUT2D eigenvalue weighted by molar-refractivity contribution is 9.10. The Hall–Kier alpha value is -1.92. The summed E-state index contributed by atoms with van der Waals surface area (Å²) in [4.78, 5) is 13.8. The molecule has 2 aromatic carbocycles. The van der Waals surface area contributed by atoms with E-state index in [1.165, 1.54) is 0 Å². The minimum absolute atomic E-state index is 0.0921. The highest BCUT2D eigenvalue weighted by atomic mass is 79.9. The van der Waals surface area contributed by atoms with Crippen LogP contribution in [0, 0.1) is 0 Å². The standard InChI is InChI=1S/C18H19BrClNO4/c1-21(10-12-4-6-16(23-2)17(8-12)24-3)18(22)11-25-15-7-5-13(19)9-14(15)20/h4-9H,10-11H2,1-3H3. The number of amides is 1. The number of carbonyl (C=O) groups excluding carboxylic acids is 1. The second-order valence-electron chi connectivity index (χ2n) is 5.30. The Kier molecular flexibility index (Phi) is 6.96. The van der Waals surface area contributed by atoms with Gasteiger partial charge >= 0.3 is 0 Å². The summed E-state index contributed by atoms with van der Waals surface area (Å²) in [6, 6.07) is 10.8. The third kappa shape index (κ3) is 5.28. The number of methoxy groups -OCH3 is 2. The number of halogens is 2. The smallest absolute Gasteiger partial charge is 0.260 e. The zero-order valence-electron chi connectivity index (χ0n) is 14.2. The molecule has 1 amide bonds. The lowest BCUT2D eigenvalue weighted by atomic mass is 10.2. The zero-order valence-corrected chi connectivity index (χ0v) is 16.6. The van der Waals surface area contributed by atoms with Gasteiger partial charge in [0.15, 0.2) is 18.1 Å². The predicted molar refractivity (Wildman–Crippen MR) is 101 cm³/mol. The van der Waals surface area contributed by atoms with E-state index in [-0.39, 0.29) is 12.5 Å². The lowest BCUT2D eigenvalue weighted by Gasteiger charge is -2.19. The van der Waals surface area contributed by atoms with Gasteiger partial charge in [0, 0.05) is 18.1 Å². The molecule has 0 saturated heterocycles. The number of rotatable bonds is 7. The van der Waals surface area contributed by atoms with Gasteiger partial charge in [0.25, 0.3) is 5.91 Å². The third-order valence-corrected chi connectivity index (χ3v) is 4.33. The number of nitrogens with zero attached hydrogens (tertiary/aromatic N) is 1. The Morgan fingerprint density at radius 1 is 1.08 bits per heavy atom. The summed E-state index contributed by atoms with van der Waals surface area (Å²) < 4.78 is 16.8. The van der Waals surface area contributed by atoms with Gasteiger partial charge in [-0.25, -0.2) is 0 Å². The average Bonchev–Trinajstić information content (AvgIpc) is 2.60. The normalized spacial score (nSPS) is 10.3. The van der Waals surface area contributed by atoms with Gasteiger partial charge in [0.05, 0.1) is 19.2 Å². The SMILES string of the molecule is COc1ccc(CN(C)C(=O)COc2ccc(Br)cc2Cl)cc1OC. The van der Waals surface area contributed by atoms with Gasteiger partial charge in [-0.05, 0) is 35.9 Å². The van der Waals surface area contributed by atoms with Gasteiger partial charge < -0.3 is 19.1 Å². The molecule has 0 N–H and O–H groups in total. The molecule has 5 nitrogen and oxygen atoms in total. The number of hydrogen-bond donors (Lipinski definition) is 0. The first-order valence-corrected chi connectivity index (χ1v) is 8.64. The maximum atomic E-state index is 12.3. The van der Waals surface area contributed by atoms with Crippen LogP contribution >= 0.6 is 27.5 Å². The van der Waals surface area contributed by atoms with Crippen LogP contribution in [-0.4, -0.2) is 38.7 Å². The lowest BCUT2D eigenvalue weighted by Crippen LogP contribution is -2.31. The topological polar surface area (TPSA) is 48.0 Å². The first-order chi connectivity index (χ1) is 11.9. The van der Waals surface area contributed by atoms with Crippen molar-refractivity contribution < 1.29 is 19.0 Å². The molecule has 2 aromatic rings. The molecule has 0 fully saturated rings. The molecule has 0 unspecified atom stereocenters. The molecule has 0 aliphatic rings. The van der Waals surface area contributed by atoms with Gasteiger partial charge in [-0.2, -0.15) is 0 Å². The van der Waals surface area contributed by atoms with Crippen LogP contribution in [0.5, 0.6) is 17.2 Å². The number of ether oxygens (including phenoxy) is 3. The molecule has 25 heavy (non-hydrogen) atoms. The molecule has 0 heterocycles. The predicted octanol–water partition coefficient (Wildman–Crippen LogP) is 4.16. The fourth-order valence-electron chi connectivity index (χ4n) is 2.18. The first-order valence-electron chi connectivity index (χ1n) is 7.47. The van der Waals surface area contributed by atoms with E-state index >= 15 is 0 Å². The maximum absolute atomic E-state index is 12.3. The highest BCUT2D eigenvalue weighted by Gasteiger charge is 2.13. The molecule has 0 saturated carbocycles. The van der Waals surface area contributed by atoms with E-state index in [1.54, 1.807) is 44.4 Å². The van der Waals surface area contributed by atoms with Gasteiger partial charge in [0.2, 0.25) is 0 Å². The summed E-state index contributed by atoms with van der Waals surface area (Å²) >= 11 is 9.40. The van der Waals surface area contributed by atoms with Crippen molar-refractivity contribution in [1.29, 1.82) is 0 Å². The van der Waals surface area contributed by atoms with Crippen LogP contribution in [0.15, 0.2) is 40.9 Å². The molecule has 0 bridgehead atoms. The van der Waals surface area contributed by atoms with Crippen molar-refractivity contribution in [1.82, 2.24) is 4.90 Å². The molecular formula is C18H19BrClNO4. The van der Waals surface area contributed by atoms with Gasteiger partial charge in [-0.15, -0.1) is 0 Å². The number of likely N-dealkylation sites (N-methyl/N-ethyl adjacent to an activating group) is 1. The Bertz CT molecular complexity index is 754. The zero-order chi connectivity index (χ0) is 18.4. The van der Waals surface area contributed by atoms with Crippen molar-refractivity contribution in [3.63, 3.8) is 0 Å². The van der Waals surface area contributed by atoms with E-state index in [1.807, 2.05) is 18.2 Å². The van der Waals surface area contributed by atoms with Crippen molar-refractivity contribution in [3.8, 4) is 17.2 Å². The summed E-state index contributed by atoms with van der Waals surface area (Å²) in [5.41, 5.74) is 0.926. The summed E-state index contributed by atoms with van der Waals surface area (Å²) in [7, 11) is 4.87. The Labute approximate surface area is 160 Å². The molecule has 7 heteroatoms. The second-order valence-corrected chi connectivity index (χ2v) is 6.63. The van der Waals surface area contributed by atoms with Crippen LogP contribution in [-0.2, 0) is 11.3 Å². The van der Waals surface area contributed by atoms with Crippen LogP contribution in [0.3, 0.4) is 0 Å². The summed E-state index contributed by atoms with van der Waals surface area (Å²) in [6.07, 6.45) is 0. The van der Waals surface area contributed by atoms with Crippen molar-refractivity contribution in [2.75, 3.05) is 27.9 Å². The molecular weight excluding hydrogens is 410 g/mol. The van der Waals surface area contributed by atoms with Crippen molar-refractivity contribution in [2.24, 2.45) is 0 Å². The minimum Gasteiger partial charge on any atom is -0.493 e. The van der Waals surface area contributed by atoms with Crippen LogP contribution in [0.4, 0.5) is 0 Å². The monoisotopic (exact) mass is 427 g/mol. The average molecular weight is 429 g/mol. The molecule has 0 aliphatic carbocycles. The number of benzene rings is 2. The van der Waals surface area contributed by atoms with E-state index in [0.717, 1.165) is 10.0 Å². The Balaban J connectivity index is 1.96. The van der Waals surface area contributed by atoms with Crippen molar-refractivity contribution in [2.45, 2.75) is 6.54 Å². The maximum Gasteiger partial charge on any atom is 0.260 e. The first kappa shape index (κ1) is 19.4. The molecule has 0 radical (unpaired) electrons. The quantitative estimate of drug-likeness (QED) is 0.664. The Morgan fingerprint density at radius 2 is 1.76 bits per heavy atom. The summed E-state index contributed by atoms with van der Waals surface area (Å²) in [5.74, 6) is 1.58. The van der Waals surface area contributed by atoms with Crippen molar-refractivity contribution in [3.05, 3.63) is 51.5 Å². The fourth-order valence-corrected chi connectivity index (χ4v) is 2.91. The van der Waals surface area contributed by atoms with E-state index in [0.29, 0.717) is 28.8 Å². The van der Waals surface area contributed by atoms with Crippen LogP contribution in [0.1, 0.15) is 5.56 Å². The lowest BCUT2D eigenvalue weighted by molar-refractivity contribution is -0.132. The Morgan fingerprint density at radius 3 is 2.40 bits per heavy atom. The van der Waals surface area contributed by atoms with Crippen LogP contribution in [0.2, 0.25) is 5.02 Å². The van der Waals surface area contributed by atoms with Crippen LogP contribution in [0.25, 0.3) is 0 Å². The molecule has 0 aromatic heterocycles. The molecule has 0 aliphatic heterocycles. The minimum atomic E-state index is -0.159. The second kappa shape index (κ2) is 8.97. The summed E-state index contributed by atoms with van der Waals surface area (Å²) in [5, 5.41) is 0.449. The van der Waals surface area contributed by atoms with Crippen molar-refractivity contribution >= 4 is 33.4 Å². The molecule has 0 atom stereocenters. The summed E-state index contributed by atoms with van der Waals surface area (Å²) in [6.45, 7) is 0.335. The fraction of sp³-hybridized carbons (Fsp3) is 0.278.